The Kier molecular flexibility index (Phi) is 9.85. The summed E-state index contributed by atoms with van der Waals surface area (Å²) in [5.41, 5.74) is 2.65. The Bertz CT molecular complexity index is 2030. The first-order chi connectivity index (χ1) is 21.2. The van der Waals surface area contributed by atoms with Gasteiger partial charge >= 0.3 is 11.9 Å². The highest BCUT2D eigenvalue weighted by molar-refractivity contribution is 9.10. The second-order valence-electron chi connectivity index (χ2n) is 9.10. The van der Waals surface area contributed by atoms with Crippen LogP contribution in [-0.4, -0.2) is 43.6 Å². The van der Waals surface area contributed by atoms with Crippen molar-refractivity contribution in [1.29, 1.82) is 0 Å². The molecule has 2 aromatic heterocycles. The second-order valence-corrected chi connectivity index (χ2v) is 11.7. The van der Waals surface area contributed by atoms with Crippen molar-refractivity contribution in [2.45, 2.75) is 6.92 Å². The third-order valence-electron chi connectivity index (χ3n) is 6.23. The topological polar surface area (TPSA) is 115 Å². The summed E-state index contributed by atoms with van der Waals surface area (Å²) < 4.78 is 6.98. The van der Waals surface area contributed by atoms with Crippen LogP contribution in [0.3, 0.4) is 0 Å². The Morgan fingerprint density at radius 2 is 1.11 bits per heavy atom. The first-order valence-electron chi connectivity index (χ1n) is 13.0. The predicted molar refractivity (Wildman–Crippen MR) is 178 cm³/mol. The Balaban J connectivity index is 0.000000175. The van der Waals surface area contributed by atoms with E-state index in [1.54, 1.807) is 43.3 Å². The maximum Gasteiger partial charge on any atom is 0.357 e. The summed E-state index contributed by atoms with van der Waals surface area (Å²) in [7, 11) is 0. The lowest BCUT2D eigenvalue weighted by Crippen LogP contribution is -2.10. The molecule has 2 heterocycles. The molecule has 1 N–H and O–H groups in total. The number of nitrogens with zero attached hydrogens (tertiary/aromatic N) is 4. The van der Waals surface area contributed by atoms with Crippen molar-refractivity contribution in [1.82, 2.24) is 19.9 Å². The van der Waals surface area contributed by atoms with Gasteiger partial charge < -0.3 is 9.84 Å². The molecule has 44 heavy (non-hydrogen) atoms. The number of aromatic nitrogens is 4. The van der Waals surface area contributed by atoms with Gasteiger partial charge in [-0.3, -0.25) is 0 Å². The van der Waals surface area contributed by atoms with Gasteiger partial charge in [0.25, 0.3) is 0 Å². The number of aromatic carboxylic acids is 1. The van der Waals surface area contributed by atoms with Crippen LogP contribution in [0.4, 0.5) is 0 Å². The Labute approximate surface area is 278 Å². The number of esters is 1. The SMILES string of the molecule is CCOC(=O)c1nc(-c2ccc(Br)cc2)nc2c(Cl)cccc12.O=C(O)c1nc(-c2ccc(Br)cc2)nc2c(Cl)cccc12. The van der Waals surface area contributed by atoms with E-state index in [9.17, 15) is 14.7 Å². The van der Waals surface area contributed by atoms with Gasteiger partial charge in [-0.05, 0) is 43.3 Å². The van der Waals surface area contributed by atoms with Crippen LogP contribution < -0.4 is 0 Å². The van der Waals surface area contributed by atoms with Crippen molar-refractivity contribution in [3.63, 3.8) is 0 Å². The van der Waals surface area contributed by atoms with Gasteiger partial charge in [0.05, 0.1) is 27.7 Å². The maximum absolute atomic E-state index is 12.2. The predicted octanol–water partition coefficient (Wildman–Crippen LogP) is 9.30. The van der Waals surface area contributed by atoms with E-state index < -0.39 is 11.9 Å². The zero-order valence-corrected chi connectivity index (χ0v) is 27.4. The van der Waals surface area contributed by atoms with Crippen molar-refractivity contribution < 1.29 is 19.4 Å². The summed E-state index contributed by atoms with van der Waals surface area (Å²) >= 11 is 19.1. The standard InChI is InChI=1S/C17H12BrClN2O2.C15H8BrClN2O2/c1-2-23-17(22)15-12-4-3-5-13(19)14(12)20-16(21-15)10-6-8-11(18)9-7-10;16-9-6-4-8(5-7-9)14-18-12-10(2-1-3-11(12)17)13(19-14)15(20)21/h3-9H,2H2,1H3;1-7H,(H,20,21). The van der Waals surface area contributed by atoms with Crippen LogP contribution in [0.5, 0.6) is 0 Å². The largest absolute Gasteiger partial charge is 0.476 e. The summed E-state index contributed by atoms with van der Waals surface area (Å²) in [5, 5.41) is 11.2. The fourth-order valence-electron chi connectivity index (χ4n) is 4.21. The van der Waals surface area contributed by atoms with Crippen LogP contribution in [-0.2, 0) is 4.74 Å². The molecule has 0 amide bonds. The van der Waals surface area contributed by atoms with E-state index in [2.05, 4.69) is 51.8 Å². The van der Waals surface area contributed by atoms with E-state index in [1.807, 2.05) is 48.5 Å². The molecule has 0 unspecified atom stereocenters. The molecule has 6 aromatic rings. The summed E-state index contributed by atoms with van der Waals surface area (Å²) in [6, 6.07) is 25.1. The number of carbonyl (C=O) groups is 2. The van der Waals surface area contributed by atoms with Gasteiger partial charge in [0.15, 0.2) is 23.0 Å². The summed E-state index contributed by atoms with van der Waals surface area (Å²) in [4.78, 5) is 41.1. The van der Waals surface area contributed by atoms with Crippen LogP contribution >= 0.6 is 55.1 Å². The Hall–Kier alpha value is -3.96. The summed E-state index contributed by atoms with van der Waals surface area (Å²) in [5.74, 6) is -0.829. The monoisotopic (exact) mass is 752 g/mol. The molecule has 0 fully saturated rings. The number of ether oxygens (including phenoxy) is 1. The molecule has 0 aliphatic heterocycles. The normalized spacial score (nSPS) is 10.8. The van der Waals surface area contributed by atoms with Crippen molar-refractivity contribution in [2.75, 3.05) is 6.61 Å². The molecule has 0 saturated heterocycles. The molecule has 0 saturated carbocycles. The van der Waals surface area contributed by atoms with Crippen LogP contribution in [0.15, 0.2) is 93.9 Å². The number of fused-ring (bicyclic) bond motifs is 2. The molecular weight excluding hydrogens is 735 g/mol. The third kappa shape index (κ3) is 6.89. The third-order valence-corrected chi connectivity index (χ3v) is 7.90. The first kappa shape index (κ1) is 31.5. The van der Waals surface area contributed by atoms with Crippen LogP contribution in [0.1, 0.15) is 27.9 Å². The van der Waals surface area contributed by atoms with E-state index >= 15 is 0 Å². The number of benzene rings is 4. The summed E-state index contributed by atoms with van der Waals surface area (Å²) in [6.45, 7) is 2.03. The van der Waals surface area contributed by atoms with Gasteiger partial charge in [0.1, 0.15) is 0 Å². The van der Waals surface area contributed by atoms with E-state index in [0.717, 1.165) is 20.1 Å². The van der Waals surface area contributed by atoms with E-state index in [1.165, 1.54) is 0 Å². The Morgan fingerprint density at radius 1 is 0.682 bits per heavy atom. The molecule has 4 aromatic carbocycles. The quantitative estimate of drug-likeness (QED) is 0.173. The van der Waals surface area contributed by atoms with E-state index in [4.69, 9.17) is 27.9 Å². The lowest BCUT2D eigenvalue weighted by molar-refractivity contribution is 0.0521. The number of hydrogen-bond donors (Lipinski definition) is 1. The number of carboxylic acid groups (broad SMARTS) is 1. The molecule has 0 aliphatic carbocycles. The van der Waals surface area contributed by atoms with Crippen molar-refractivity contribution in [3.8, 4) is 22.8 Å². The minimum Gasteiger partial charge on any atom is -0.476 e. The number of carbonyl (C=O) groups excluding carboxylic acids is 1. The molecule has 6 rings (SSSR count). The number of para-hydroxylation sites is 2. The fourth-order valence-corrected chi connectivity index (χ4v) is 5.17. The minimum atomic E-state index is -1.11. The molecule has 8 nitrogen and oxygen atoms in total. The van der Waals surface area contributed by atoms with Gasteiger partial charge in [-0.1, -0.05) is 104 Å². The van der Waals surface area contributed by atoms with Gasteiger partial charge in [0.2, 0.25) is 0 Å². The van der Waals surface area contributed by atoms with Crippen LogP contribution in [0, 0.1) is 0 Å². The smallest absolute Gasteiger partial charge is 0.357 e. The van der Waals surface area contributed by atoms with E-state index in [-0.39, 0.29) is 18.0 Å². The Morgan fingerprint density at radius 3 is 1.55 bits per heavy atom. The van der Waals surface area contributed by atoms with Crippen molar-refractivity contribution in [3.05, 3.63) is 115 Å². The molecule has 0 spiro atoms. The number of hydrogen-bond acceptors (Lipinski definition) is 7. The highest BCUT2D eigenvalue weighted by Gasteiger charge is 2.19. The zero-order valence-electron chi connectivity index (χ0n) is 22.8. The second kappa shape index (κ2) is 13.8. The maximum atomic E-state index is 12.2. The lowest BCUT2D eigenvalue weighted by atomic mass is 10.1. The molecular formula is C32H20Br2Cl2N4O4. The molecule has 0 aliphatic rings. The molecule has 0 bridgehead atoms. The van der Waals surface area contributed by atoms with Crippen LogP contribution in [0.2, 0.25) is 10.0 Å². The van der Waals surface area contributed by atoms with Crippen molar-refractivity contribution >= 4 is 88.8 Å². The van der Waals surface area contributed by atoms with E-state index in [0.29, 0.717) is 43.5 Å². The van der Waals surface area contributed by atoms with Gasteiger partial charge in [-0.15, -0.1) is 0 Å². The van der Waals surface area contributed by atoms with Crippen LogP contribution in [0.25, 0.3) is 44.6 Å². The van der Waals surface area contributed by atoms with Gasteiger partial charge in [-0.2, -0.15) is 0 Å². The average Bonchev–Trinajstić information content (AvgIpc) is 3.02. The number of halogens is 4. The lowest BCUT2D eigenvalue weighted by Gasteiger charge is -2.09. The minimum absolute atomic E-state index is 0.0552. The molecule has 0 radical (unpaired) electrons. The summed E-state index contributed by atoms with van der Waals surface area (Å²) in [6.07, 6.45) is 0. The fraction of sp³-hybridized carbons (Fsp3) is 0.0625. The zero-order chi connectivity index (χ0) is 31.4. The van der Waals surface area contributed by atoms with Gasteiger partial charge in [-0.25, -0.2) is 29.5 Å². The molecule has 12 heteroatoms. The van der Waals surface area contributed by atoms with Gasteiger partial charge in [0, 0.05) is 30.8 Å². The number of carboxylic acids is 1. The first-order valence-corrected chi connectivity index (χ1v) is 15.3. The molecule has 220 valence electrons. The van der Waals surface area contributed by atoms with Crippen molar-refractivity contribution in [2.24, 2.45) is 0 Å². The highest BCUT2D eigenvalue weighted by atomic mass is 79.9. The average molecular weight is 755 g/mol. The highest BCUT2D eigenvalue weighted by Crippen LogP contribution is 2.29. The number of rotatable bonds is 5. The molecule has 0 atom stereocenters.